The summed E-state index contributed by atoms with van der Waals surface area (Å²) in [6, 6.07) is 10.1. The monoisotopic (exact) mass is 322 g/mol. The Morgan fingerprint density at radius 1 is 1.19 bits per heavy atom. The zero-order valence-electron chi connectivity index (χ0n) is 11.9. The van der Waals surface area contributed by atoms with Gasteiger partial charge in [0.2, 0.25) is 9.84 Å². The van der Waals surface area contributed by atoms with E-state index in [1.807, 2.05) is 17.2 Å². The normalized spacial score (nSPS) is 17.0. The van der Waals surface area contributed by atoms with Crippen LogP contribution in [-0.2, 0) is 9.84 Å². The maximum atomic E-state index is 12.7. The van der Waals surface area contributed by atoms with Crippen molar-refractivity contribution < 1.29 is 8.42 Å². The fourth-order valence-corrected chi connectivity index (χ4v) is 4.88. The minimum Gasteiger partial charge on any atom is -0.365 e. The molecule has 0 bridgehead atoms. The van der Waals surface area contributed by atoms with E-state index >= 15 is 0 Å². The number of piperidine rings is 1. The molecule has 0 N–H and O–H groups in total. The van der Waals surface area contributed by atoms with Gasteiger partial charge in [-0.3, -0.25) is 0 Å². The van der Waals surface area contributed by atoms with Gasteiger partial charge in [0.15, 0.2) is 4.91 Å². The Balaban J connectivity index is 2.50. The van der Waals surface area contributed by atoms with E-state index in [0.717, 1.165) is 32.4 Å². The average Bonchev–Trinajstić information content (AvgIpc) is 2.54. The molecule has 21 heavy (non-hydrogen) atoms. The lowest BCUT2D eigenvalue weighted by Crippen LogP contribution is -2.29. The van der Waals surface area contributed by atoms with E-state index in [2.05, 4.69) is 0 Å². The first-order valence-electron chi connectivity index (χ1n) is 6.84. The van der Waals surface area contributed by atoms with Gasteiger partial charge in [-0.1, -0.05) is 18.2 Å². The lowest BCUT2D eigenvalue weighted by atomic mass is 10.1. The number of hydrogen-bond acceptors (Lipinski definition) is 5. The van der Waals surface area contributed by atoms with E-state index in [0.29, 0.717) is 5.03 Å². The second-order valence-corrected chi connectivity index (χ2v) is 7.50. The van der Waals surface area contributed by atoms with Crippen LogP contribution in [0.4, 0.5) is 0 Å². The van der Waals surface area contributed by atoms with Gasteiger partial charge in [0.1, 0.15) is 11.1 Å². The van der Waals surface area contributed by atoms with Crippen LogP contribution in [0, 0.1) is 11.3 Å². The highest BCUT2D eigenvalue weighted by Crippen LogP contribution is 2.30. The molecule has 0 radical (unpaired) electrons. The molecular weight excluding hydrogens is 304 g/mol. The molecule has 0 saturated carbocycles. The summed E-state index contributed by atoms with van der Waals surface area (Å²) in [6.45, 7) is 1.62. The highest BCUT2D eigenvalue weighted by molar-refractivity contribution is 8.04. The molecular formula is C15H18N2O2S2. The number of allylic oxidation sites excluding steroid dienone is 1. The molecule has 1 saturated heterocycles. The Morgan fingerprint density at radius 3 is 2.33 bits per heavy atom. The third-order valence-electron chi connectivity index (χ3n) is 3.45. The summed E-state index contributed by atoms with van der Waals surface area (Å²) in [5, 5.41) is 10.00. The molecule has 6 heteroatoms. The molecule has 1 heterocycles. The van der Waals surface area contributed by atoms with Crippen molar-refractivity contribution in [2.24, 2.45) is 0 Å². The Hall–Kier alpha value is -1.45. The second kappa shape index (κ2) is 7.01. The van der Waals surface area contributed by atoms with Crippen LogP contribution in [0.25, 0.3) is 0 Å². The molecule has 0 amide bonds. The zero-order valence-corrected chi connectivity index (χ0v) is 13.6. The van der Waals surface area contributed by atoms with Crippen LogP contribution in [0.5, 0.6) is 0 Å². The molecule has 0 spiro atoms. The van der Waals surface area contributed by atoms with Crippen molar-refractivity contribution in [1.29, 1.82) is 5.26 Å². The summed E-state index contributed by atoms with van der Waals surface area (Å²) in [7, 11) is -3.76. The maximum absolute atomic E-state index is 12.7. The molecule has 0 atom stereocenters. The predicted octanol–water partition coefficient (Wildman–Crippen LogP) is 3.00. The largest absolute Gasteiger partial charge is 0.365 e. The molecule has 0 unspecified atom stereocenters. The number of nitrogens with zero attached hydrogens (tertiary/aromatic N) is 2. The van der Waals surface area contributed by atoms with Gasteiger partial charge in [-0.15, -0.1) is 11.8 Å². The molecule has 1 fully saturated rings. The number of thioether (sulfide) groups is 1. The second-order valence-electron chi connectivity index (χ2n) is 4.81. The van der Waals surface area contributed by atoms with Gasteiger partial charge < -0.3 is 4.90 Å². The molecule has 2 rings (SSSR count). The summed E-state index contributed by atoms with van der Waals surface area (Å²) in [4.78, 5) is 2.06. The summed E-state index contributed by atoms with van der Waals surface area (Å²) in [6.07, 6.45) is 5.05. The Morgan fingerprint density at radius 2 is 1.81 bits per heavy atom. The molecule has 112 valence electrons. The third-order valence-corrected chi connectivity index (χ3v) is 6.15. The molecule has 1 aliphatic heterocycles. The quantitative estimate of drug-likeness (QED) is 0.798. The van der Waals surface area contributed by atoms with Crippen LogP contribution >= 0.6 is 11.8 Å². The number of likely N-dealkylation sites (tertiary alicyclic amines) is 1. The van der Waals surface area contributed by atoms with Gasteiger partial charge in [-0.05, 0) is 37.7 Å². The van der Waals surface area contributed by atoms with Crippen LogP contribution in [0.15, 0.2) is 45.2 Å². The smallest absolute Gasteiger partial charge is 0.219 e. The van der Waals surface area contributed by atoms with E-state index in [1.54, 1.807) is 18.2 Å². The molecule has 0 aromatic heterocycles. The SMILES string of the molecule is CS/C(=C(\C#N)S(=O)(=O)c1ccccc1)N1CCCCC1. The fraction of sp³-hybridized carbons (Fsp3) is 0.400. The summed E-state index contributed by atoms with van der Waals surface area (Å²) < 4.78 is 25.4. The average molecular weight is 322 g/mol. The number of nitriles is 1. The zero-order chi connectivity index (χ0) is 15.3. The number of sulfone groups is 1. The Kier molecular flexibility index (Phi) is 5.32. The topological polar surface area (TPSA) is 61.2 Å². The minimum atomic E-state index is -3.76. The molecule has 1 aliphatic rings. The number of hydrogen-bond donors (Lipinski definition) is 0. The van der Waals surface area contributed by atoms with E-state index in [4.69, 9.17) is 0 Å². The fourth-order valence-electron chi connectivity index (χ4n) is 2.40. The van der Waals surface area contributed by atoms with Gasteiger partial charge in [-0.2, -0.15) is 5.26 Å². The van der Waals surface area contributed by atoms with E-state index in [-0.39, 0.29) is 9.80 Å². The lowest BCUT2D eigenvalue weighted by molar-refractivity contribution is 0.302. The minimum absolute atomic E-state index is 0.136. The third kappa shape index (κ3) is 3.42. The van der Waals surface area contributed by atoms with Crippen LogP contribution in [0.2, 0.25) is 0 Å². The first kappa shape index (κ1) is 15.9. The number of benzene rings is 1. The van der Waals surface area contributed by atoms with Crippen molar-refractivity contribution in [2.75, 3.05) is 19.3 Å². The summed E-state index contributed by atoms with van der Waals surface area (Å²) in [5.41, 5.74) is 0. The van der Waals surface area contributed by atoms with Gasteiger partial charge in [-0.25, -0.2) is 8.42 Å². The molecule has 0 aliphatic carbocycles. The number of rotatable bonds is 4. The van der Waals surface area contributed by atoms with E-state index in [9.17, 15) is 13.7 Å². The van der Waals surface area contributed by atoms with Crippen molar-refractivity contribution >= 4 is 21.6 Å². The van der Waals surface area contributed by atoms with Crippen molar-refractivity contribution in [3.8, 4) is 6.07 Å². The molecule has 1 aromatic carbocycles. The molecule has 1 aromatic rings. The Bertz CT molecular complexity index is 655. The van der Waals surface area contributed by atoms with E-state index < -0.39 is 9.84 Å². The predicted molar refractivity (Wildman–Crippen MR) is 85.2 cm³/mol. The summed E-state index contributed by atoms with van der Waals surface area (Å²) in [5.74, 6) is 0. The van der Waals surface area contributed by atoms with Crippen LogP contribution in [-0.4, -0.2) is 32.7 Å². The van der Waals surface area contributed by atoms with Gasteiger partial charge in [0, 0.05) is 13.1 Å². The van der Waals surface area contributed by atoms with Crippen molar-refractivity contribution in [2.45, 2.75) is 24.2 Å². The van der Waals surface area contributed by atoms with Gasteiger partial charge in [0.25, 0.3) is 0 Å². The van der Waals surface area contributed by atoms with Crippen molar-refractivity contribution in [3.05, 3.63) is 40.3 Å². The first-order chi connectivity index (χ1) is 10.1. The van der Waals surface area contributed by atoms with Crippen molar-refractivity contribution in [1.82, 2.24) is 4.90 Å². The molecule has 4 nitrogen and oxygen atoms in total. The summed E-state index contributed by atoms with van der Waals surface area (Å²) >= 11 is 1.33. The lowest BCUT2D eigenvalue weighted by Gasteiger charge is -2.30. The van der Waals surface area contributed by atoms with Crippen LogP contribution in [0.1, 0.15) is 19.3 Å². The van der Waals surface area contributed by atoms with Crippen LogP contribution < -0.4 is 0 Å². The Labute approximate surface area is 130 Å². The van der Waals surface area contributed by atoms with Crippen molar-refractivity contribution in [3.63, 3.8) is 0 Å². The van der Waals surface area contributed by atoms with Crippen LogP contribution in [0.3, 0.4) is 0 Å². The standard InChI is InChI=1S/C15H18N2O2S2/c1-20-15(17-10-6-3-7-11-17)14(12-16)21(18,19)13-8-4-2-5-9-13/h2,4-5,8-9H,3,6-7,10-11H2,1H3/b15-14+. The first-order valence-corrected chi connectivity index (χ1v) is 9.55. The van der Waals surface area contributed by atoms with Gasteiger partial charge in [0.05, 0.1) is 4.90 Å². The highest BCUT2D eigenvalue weighted by Gasteiger charge is 2.27. The maximum Gasteiger partial charge on any atom is 0.219 e. The van der Waals surface area contributed by atoms with Gasteiger partial charge >= 0.3 is 0 Å². The van der Waals surface area contributed by atoms with E-state index in [1.165, 1.54) is 23.9 Å². The highest BCUT2D eigenvalue weighted by atomic mass is 32.2.